The smallest absolute Gasteiger partial charge is 0.0403 e. The van der Waals surface area contributed by atoms with Crippen LogP contribution in [-0.2, 0) is 6.42 Å². The quantitative estimate of drug-likeness (QED) is 0.613. The van der Waals surface area contributed by atoms with Crippen molar-refractivity contribution in [3.8, 4) is 0 Å². The molecule has 68 valence electrons. The van der Waals surface area contributed by atoms with Crippen LogP contribution in [0.1, 0.15) is 18.5 Å². The standard InChI is InChI=1S/C9H12BrN.BrH/c10-7-3-1-5-9-6-2-4-8-11-9;/h2,4,6,8H,1,3,5,7H2;1H. The SMILES string of the molecule is Br.BrCCCCc1ccccn1. The fourth-order valence-electron chi connectivity index (χ4n) is 0.947. The summed E-state index contributed by atoms with van der Waals surface area (Å²) in [4.78, 5) is 4.24. The van der Waals surface area contributed by atoms with Crippen LogP contribution in [0.5, 0.6) is 0 Å². The molecule has 0 fully saturated rings. The molecule has 0 aliphatic carbocycles. The molecular weight excluding hydrogens is 282 g/mol. The average molecular weight is 295 g/mol. The number of unbranched alkanes of at least 4 members (excludes halogenated alkanes) is 1. The van der Waals surface area contributed by atoms with E-state index in [1.807, 2.05) is 18.3 Å². The second-order valence-corrected chi connectivity index (χ2v) is 3.26. The Morgan fingerprint density at radius 1 is 1.25 bits per heavy atom. The molecule has 0 saturated carbocycles. The van der Waals surface area contributed by atoms with Crippen molar-refractivity contribution in [2.45, 2.75) is 19.3 Å². The Balaban J connectivity index is 0.00000121. The molecule has 0 N–H and O–H groups in total. The van der Waals surface area contributed by atoms with Crippen LogP contribution in [0.4, 0.5) is 0 Å². The Kier molecular flexibility index (Phi) is 7.81. The molecule has 1 nitrogen and oxygen atoms in total. The minimum atomic E-state index is 0. The van der Waals surface area contributed by atoms with Gasteiger partial charge in [-0.05, 0) is 31.4 Å². The number of hydrogen-bond acceptors (Lipinski definition) is 1. The minimum absolute atomic E-state index is 0. The van der Waals surface area contributed by atoms with Crippen molar-refractivity contribution in [2.75, 3.05) is 5.33 Å². The number of aryl methyl sites for hydroxylation is 1. The lowest BCUT2D eigenvalue weighted by Gasteiger charge is -1.96. The second kappa shape index (κ2) is 7.74. The molecule has 0 amide bonds. The third-order valence-corrected chi connectivity index (χ3v) is 2.10. The van der Waals surface area contributed by atoms with E-state index in [1.165, 1.54) is 18.5 Å². The van der Waals surface area contributed by atoms with Crippen LogP contribution in [0.2, 0.25) is 0 Å². The Hall–Kier alpha value is 0.110. The van der Waals surface area contributed by atoms with Gasteiger partial charge in [0.15, 0.2) is 0 Å². The highest BCUT2D eigenvalue weighted by Crippen LogP contribution is 2.02. The Labute approximate surface area is 92.5 Å². The summed E-state index contributed by atoms with van der Waals surface area (Å²) in [6, 6.07) is 6.07. The summed E-state index contributed by atoms with van der Waals surface area (Å²) in [5.74, 6) is 0. The summed E-state index contributed by atoms with van der Waals surface area (Å²) in [6.45, 7) is 0. The zero-order valence-electron chi connectivity index (χ0n) is 6.87. The molecule has 1 aromatic heterocycles. The summed E-state index contributed by atoms with van der Waals surface area (Å²) >= 11 is 3.40. The van der Waals surface area contributed by atoms with Crippen LogP contribution in [0.15, 0.2) is 24.4 Å². The van der Waals surface area contributed by atoms with E-state index in [0.717, 1.165) is 11.8 Å². The van der Waals surface area contributed by atoms with Gasteiger partial charge in [0, 0.05) is 17.2 Å². The Morgan fingerprint density at radius 3 is 2.67 bits per heavy atom. The fourth-order valence-corrected chi connectivity index (χ4v) is 1.34. The molecule has 0 aliphatic heterocycles. The monoisotopic (exact) mass is 293 g/mol. The van der Waals surface area contributed by atoms with Crippen LogP contribution in [-0.4, -0.2) is 10.3 Å². The zero-order valence-corrected chi connectivity index (χ0v) is 10.2. The average Bonchev–Trinajstić information content (AvgIpc) is 2.07. The highest BCUT2D eigenvalue weighted by Gasteiger charge is 1.91. The van der Waals surface area contributed by atoms with E-state index in [0.29, 0.717) is 0 Å². The molecule has 0 bridgehead atoms. The van der Waals surface area contributed by atoms with E-state index in [-0.39, 0.29) is 17.0 Å². The van der Waals surface area contributed by atoms with Crippen LogP contribution in [0, 0.1) is 0 Å². The van der Waals surface area contributed by atoms with Gasteiger partial charge >= 0.3 is 0 Å². The van der Waals surface area contributed by atoms with Gasteiger partial charge in [0.2, 0.25) is 0 Å². The maximum absolute atomic E-state index is 4.24. The zero-order chi connectivity index (χ0) is 7.94. The third kappa shape index (κ3) is 4.88. The van der Waals surface area contributed by atoms with E-state index >= 15 is 0 Å². The predicted octanol–water partition coefficient (Wildman–Crippen LogP) is 3.38. The number of rotatable bonds is 4. The molecule has 3 heteroatoms. The summed E-state index contributed by atoms with van der Waals surface area (Å²) in [5, 5.41) is 1.10. The van der Waals surface area contributed by atoms with Crippen molar-refractivity contribution in [3.63, 3.8) is 0 Å². The van der Waals surface area contributed by atoms with E-state index in [1.54, 1.807) is 0 Å². The summed E-state index contributed by atoms with van der Waals surface area (Å²) in [7, 11) is 0. The van der Waals surface area contributed by atoms with Gasteiger partial charge in [0.25, 0.3) is 0 Å². The van der Waals surface area contributed by atoms with Gasteiger partial charge in [0.1, 0.15) is 0 Å². The maximum Gasteiger partial charge on any atom is 0.0403 e. The third-order valence-electron chi connectivity index (χ3n) is 1.54. The molecule has 0 unspecified atom stereocenters. The first-order valence-corrected chi connectivity index (χ1v) is 5.01. The van der Waals surface area contributed by atoms with Gasteiger partial charge < -0.3 is 0 Å². The van der Waals surface area contributed by atoms with E-state index in [2.05, 4.69) is 27.0 Å². The lowest BCUT2D eigenvalue weighted by molar-refractivity contribution is 0.786. The highest BCUT2D eigenvalue weighted by molar-refractivity contribution is 9.09. The molecule has 1 aromatic rings. The normalized spacial score (nSPS) is 9.08. The van der Waals surface area contributed by atoms with Crippen molar-refractivity contribution >= 4 is 32.9 Å². The molecule has 0 atom stereocenters. The molecule has 0 aliphatic rings. The minimum Gasteiger partial charge on any atom is -0.261 e. The number of halogens is 2. The number of nitrogens with zero attached hydrogens (tertiary/aromatic N) is 1. The Bertz CT molecular complexity index is 189. The van der Waals surface area contributed by atoms with Crippen LogP contribution in [0.3, 0.4) is 0 Å². The first-order chi connectivity index (χ1) is 5.43. The molecule has 12 heavy (non-hydrogen) atoms. The van der Waals surface area contributed by atoms with E-state index in [4.69, 9.17) is 0 Å². The van der Waals surface area contributed by atoms with E-state index < -0.39 is 0 Å². The van der Waals surface area contributed by atoms with Crippen LogP contribution < -0.4 is 0 Å². The van der Waals surface area contributed by atoms with Gasteiger partial charge in [0.05, 0.1) is 0 Å². The molecule has 1 rings (SSSR count). The molecule has 0 spiro atoms. The molecule has 0 radical (unpaired) electrons. The summed E-state index contributed by atoms with van der Waals surface area (Å²) in [6.07, 6.45) is 5.41. The molecule has 0 saturated heterocycles. The maximum atomic E-state index is 4.24. The molecule has 1 heterocycles. The Morgan fingerprint density at radius 2 is 2.08 bits per heavy atom. The first-order valence-electron chi connectivity index (χ1n) is 3.89. The van der Waals surface area contributed by atoms with Crippen molar-refractivity contribution < 1.29 is 0 Å². The largest absolute Gasteiger partial charge is 0.261 e. The number of alkyl halides is 1. The van der Waals surface area contributed by atoms with Gasteiger partial charge in [-0.15, -0.1) is 17.0 Å². The number of pyridine rings is 1. The van der Waals surface area contributed by atoms with Gasteiger partial charge in [-0.1, -0.05) is 22.0 Å². The van der Waals surface area contributed by atoms with Gasteiger partial charge in [-0.2, -0.15) is 0 Å². The van der Waals surface area contributed by atoms with E-state index in [9.17, 15) is 0 Å². The van der Waals surface area contributed by atoms with Crippen LogP contribution >= 0.6 is 32.9 Å². The van der Waals surface area contributed by atoms with Crippen molar-refractivity contribution in [1.82, 2.24) is 4.98 Å². The lowest BCUT2D eigenvalue weighted by atomic mass is 10.2. The number of aromatic nitrogens is 1. The second-order valence-electron chi connectivity index (χ2n) is 2.47. The van der Waals surface area contributed by atoms with Crippen molar-refractivity contribution in [3.05, 3.63) is 30.1 Å². The van der Waals surface area contributed by atoms with Gasteiger partial charge in [-0.25, -0.2) is 0 Å². The lowest BCUT2D eigenvalue weighted by Crippen LogP contribution is -1.88. The summed E-state index contributed by atoms with van der Waals surface area (Å²) in [5.41, 5.74) is 1.20. The highest BCUT2D eigenvalue weighted by atomic mass is 79.9. The number of hydrogen-bond donors (Lipinski definition) is 0. The topological polar surface area (TPSA) is 12.9 Å². The van der Waals surface area contributed by atoms with Crippen molar-refractivity contribution in [2.24, 2.45) is 0 Å². The molecular formula is C9H13Br2N. The van der Waals surface area contributed by atoms with Crippen molar-refractivity contribution in [1.29, 1.82) is 0 Å². The fraction of sp³-hybridized carbons (Fsp3) is 0.444. The molecule has 0 aromatic carbocycles. The summed E-state index contributed by atoms with van der Waals surface area (Å²) < 4.78 is 0. The van der Waals surface area contributed by atoms with Gasteiger partial charge in [-0.3, -0.25) is 4.98 Å². The predicted molar refractivity (Wildman–Crippen MR) is 61.3 cm³/mol. The first kappa shape index (κ1) is 12.1. The van der Waals surface area contributed by atoms with Crippen LogP contribution in [0.25, 0.3) is 0 Å².